The van der Waals surface area contributed by atoms with Crippen LogP contribution in [0.4, 0.5) is 0 Å². The molecule has 0 saturated carbocycles. The highest BCUT2D eigenvalue weighted by Gasteiger charge is 2.34. The highest BCUT2D eigenvalue weighted by atomic mass is 16.8. The van der Waals surface area contributed by atoms with Gasteiger partial charge in [-0.1, -0.05) is 48.5 Å². The molecular weight excluding hydrogens is 308 g/mol. The molecule has 0 bridgehead atoms. The number of hydrogen-bond donors (Lipinski definition) is 0. The van der Waals surface area contributed by atoms with Crippen molar-refractivity contribution in [2.75, 3.05) is 0 Å². The normalized spacial score (nSPS) is 10.6. The molecule has 0 spiro atoms. The van der Waals surface area contributed by atoms with Crippen molar-refractivity contribution in [2.24, 2.45) is 0 Å². The van der Waals surface area contributed by atoms with Crippen LogP contribution in [-0.2, 0) is 0 Å². The summed E-state index contributed by atoms with van der Waals surface area (Å²) in [5.41, 5.74) is 1.41. The molecule has 6 nitrogen and oxygen atoms in total. The van der Waals surface area contributed by atoms with E-state index in [1.165, 1.54) is 0 Å². The van der Waals surface area contributed by atoms with Crippen LogP contribution in [0.3, 0.4) is 0 Å². The summed E-state index contributed by atoms with van der Waals surface area (Å²) in [5.74, 6) is -1.12. The Bertz CT molecular complexity index is 944. The summed E-state index contributed by atoms with van der Waals surface area (Å²) in [6.07, 6.45) is 0. The zero-order valence-electron chi connectivity index (χ0n) is 13.1. The van der Waals surface area contributed by atoms with Crippen molar-refractivity contribution in [1.29, 1.82) is 0 Å². The van der Waals surface area contributed by atoms with Gasteiger partial charge in [0.1, 0.15) is 0 Å². The number of benzene rings is 2. The summed E-state index contributed by atoms with van der Waals surface area (Å²) in [7, 11) is 0. The second kappa shape index (κ2) is 6.08. The largest absolute Gasteiger partial charge is 0.359 e. The van der Waals surface area contributed by atoms with Crippen molar-refractivity contribution in [3.8, 4) is 0 Å². The van der Waals surface area contributed by atoms with Gasteiger partial charge < -0.3 is 5.21 Å². The topological polar surface area (TPSA) is 87.1 Å². The average molecular weight is 322 g/mol. The van der Waals surface area contributed by atoms with Crippen molar-refractivity contribution >= 4 is 11.6 Å². The Kier molecular flexibility index (Phi) is 3.95. The molecule has 1 aromatic heterocycles. The third-order valence-electron chi connectivity index (χ3n) is 3.82. The average Bonchev–Trinajstić information content (AvgIpc) is 2.96. The number of ketones is 2. The van der Waals surface area contributed by atoms with Crippen LogP contribution in [0, 0.1) is 19.1 Å². The van der Waals surface area contributed by atoms with Gasteiger partial charge in [0.2, 0.25) is 11.6 Å². The van der Waals surface area contributed by atoms with Crippen LogP contribution in [0.15, 0.2) is 53.2 Å². The molecule has 0 N–H and O–H groups in total. The first-order chi connectivity index (χ1) is 11.5. The maximum atomic E-state index is 12.7. The molecule has 1 heterocycles. The van der Waals surface area contributed by atoms with Gasteiger partial charge in [0.25, 0.3) is 11.4 Å². The molecule has 0 unspecified atom stereocenters. The fourth-order valence-electron chi connectivity index (χ4n) is 2.50. The summed E-state index contributed by atoms with van der Waals surface area (Å²) in [4.78, 5) is 25.4. The summed E-state index contributed by atoms with van der Waals surface area (Å²) < 4.78 is 4.53. The predicted molar refractivity (Wildman–Crippen MR) is 84.7 cm³/mol. The number of hydrogen-bond acceptors (Lipinski definition) is 5. The summed E-state index contributed by atoms with van der Waals surface area (Å²) in [5, 5.41) is 15.4. The van der Waals surface area contributed by atoms with Gasteiger partial charge in [0.15, 0.2) is 0 Å². The van der Waals surface area contributed by atoms with Gasteiger partial charge >= 0.3 is 0 Å². The molecule has 120 valence electrons. The van der Waals surface area contributed by atoms with E-state index in [9.17, 15) is 14.8 Å². The van der Waals surface area contributed by atoms with Crippen LogP contribution in [-0.4, -0.2) is 16.7 Å². The Morgan fingerprint density at radius 1 is 0.917 bits per heavy atom. The summed E-state index contributed by atoms with van der Waals surface area (Å²) in [6.45, 7) is 3.51. The molecule has 0 saturated heterocycles. The Morgan fingerprint density at radius 2 is 1.42 bits per heavy atom. The molecule has 0 atom stereocenters. The van der Waals surface area contributed by atoms with E-state index >= 15 is 0 Å². The highest BCUT2D eigenvalue weighted by Crippen LogP contribution is 2.18. The van der Waals surface area contributed by atoms with Crippen LogP contribution in [0.1, 0.15) is 43.2 Å². The van der Waals surface area contributed by atoms with E-state index in [0.29, 0.717) is 16.7 Å². The Morgan fingerprint density at radius 3 is 1.96 bits per heavy atom. The van der Waals surface area contributed by atoms with E-state index in [2.05, 4.69) is 9.79 Å². The van der Waals surface area contributed by atoms with E-state index in [1.807, 2.05) is 0 Å². The van der Waals surface area contributed by atoms with Gasteiger partial charge in [0, 0.05) is 11.1 Å². The second-order valence-electron chi connectivity index (χ2n) is 5.42. The first-order valence-electron chi connectivity index (χ1n) is 7.31. The van der Waals surface area contributed by atoms with Crippen LogP contribution in [0.5, 0.6) is 0 Å². The molecule has 0 aliphatic carbocycles. The molecule has 6 heteroatoms. The number of aryl methyl sites for hydroxylation is 2. The number of carbonyl (C=O) groups is 2. The molecular formula is C18H14N2O4. The molecule has 0 aliphatic heterocycles. The van der Waals surface area contributed by atoms with E-state index < -0.39 is 17.3 Å². The number of nitrogens with zero attached hydrogens (tertiary/aromatic N) is 2. The molecule has 0 amide bonds. The maximum absolute atomic E-state index is 12.7. The predicted octanol–water partition coefficient (Wildman–Crippen LogP) is 2.39. The van der Waals surface area contributed by atoms with Crippen molar-refractivity contribution in [1.82, 2.24) is 5.16 Å². The lowest BCUT2D eigenvalue weighted by atomic mass is 9.97. The van der Waals surface area contributed by atoms with Crippen LogP contribution < -0.4 is 4.90 Å². The van der Waals surface area contributed by atoms with Gasteiger partial charge in [-0.15, -0.1) is 0 Å². The lowest BCUT2D eigenvalue weighted by molar-refractivity contribution is -0.803. The summed E-state index contributed by atoms with van der Waals surface area (Å²) in [6, 6.07) is 13.7. The lowest BCUT2D eigenvalue weighted by Crippen LogP contribution is -2.33. The first-order valence-corrected chi connectivity index (χ1v) is 7.31. The molecule has 0 aliphatic rings. The minimum atomic E-state index is -0.596. The van der Waals surface area contributed by atoms with Crippen molar-refractivity contribution in [2.45, 2.75) is 13.8 Å². The van der Waals surface area contributed by atoms with Crippen LogP contribution in [0.25, 0.3) is 0 Å². The standard InChI is InChI=1S/C18H14N2O4/c1-11-7-3-5-9-13(11)17(21)15-16(20(23)24-19-15)18(22)14-10-6-4-8-12(14)2/h3-10H,1-2H3. The summed E-state index contributed by atoms with van der Waals surface area (Å²) >= 11 is 0. The molecule has 0 radical (unpaired) electrons. The molecule has 2 aromatic carbocycles. The van der Waals surface area contributed by atoms with Gasteiger partial charge in [-0.2, -0.15) is 0 Å². The molecule has 3 aromatic rings. The fourth-order valence-corrected chi connectivity index (χ4v) is 2.50. The Labute approximate surface area is 137 Å². The third kappa shape index (κ3) is 2.58. The lowest BCUT2D eigenvalue weighted by Gasteiger charge is -2.03. The Hall–Kier alpha value is -3.28. The van der Waals surface area contributed by atoms with Crippen molar-refractivity contribution in [3.05, 3.63) is 87.4 Å². The zero-order chi connectivity index (χ0) is 17.3. The molecule has 0 fully saturated rings. The first kappa shape index (κ1) is 15.6. The van der Waals surface area contributed by atoms with Gasteiger partial charge in [0.05, 0.1) is 5.16 Å². The third-order valence-corrected chi connectivity index (χ3v) is 3.82. The molecule has 24 heavy (non-hydrogen) atoms. The minimum Gasteiger partial charge on any atom is -0.359 e. The van der Waals surface area contributed by atoms with Crippen LogP contribution in [0.2, 0.25) is 0 Å². The number of carbonyl (C=O) groups excluding carboxylic acids is 2. The Balaban J connectivity index is 2.10. The highest BCUT2D eigenvalue weighted by molar-refractivity contribution is 6.17. The van der Waals surface area contributed by atoms with E-state index in [0.717, 1.165) is 5.56 Å². The number of aromatic nitrogens is 2. The van der Waals surface area contributed by atoms with E-state index in [-0.39, 0.29) is 10.6 Å². The SMILES string of the molecule is Cc1ccccc1C(=O)c1no[n+]([O-])c1C(=O)c1ccccc1C. The molecule has 3 rings (SSSR count). The van der Waals surface area contributed by atoms with E-state index in [1.54, 1.807) is 62.4 Å². The van der Waals surface area contributed by atoms with Crippen molar-refractivity contribution in [3.63, 3.8) is 0 Å². The fraction of sp³-hybridized carbons (Fsp3) is 0.111. The smallest absolute Gasteiger partial charge is 0.300 e. The van der Waals surface area contributed by atoms with Crippen LogP contribution >= 0.6 is 0 Å². The monoisotopic (exact) mass is 322 g/mol. The zero-order valence-corrected chi connectivity index (χ0v) is 13.1. The quantitative estimate of drug-likeness (QED) is 0.543. The minimum absolute atomic E-state index is 0.0136. The van der Waals surface area contributed by atoms with Crippen molar-refractivity contribution < 1.29 is 19.1 Å². The van der Waals surface area contributed by atoms with Gasteiger partial charge in [-0.3, -0.25) is 14.2 Å². The van der Waals surface area contributed by atoms with Gasteiger partial charge in [-0.25, -0.2) is 0 Å². The number of rotatable bonds is 4. The van der Waals surface area contributed by atoms with Gasteiger partial charge in [-0.05, 0) is 29.9 Å². The van der Waals surface area contributed by atoms with E-state index in [4.69, 9.17) is 0 Å². The second-order valence-corrected chi connectivity index (χ2v) is 5.42. The maximum Gasteiger partial charge on any atom is 0.300 e.